The summed E-state index contributed by atoms with van der Waals surface area (Å²) in [5.41, 5.74) is 5.10. The average Bonchev–Trinajstić information content (AvgIpc) is 2.56. The lowest BCUT2D eigenvalue weighted by atomic mass is 10.2. The molecule has 0 fully saturated rings. The van der Waals surface area contributed by atoms with Crippen LogP contribution in [0.1, 0.15) is 27.7 Å². The highest BCUT2D eigenvalue weighted by molar-refractivity contribution is 7.21. The summed E-state index contributed by atoms with van der Waals surface area (Å²) in [6.07, 6.45) is 0. The first-order chi connectivity index (χ1) is 10.1. The molecule has 0 spiro atoms. The van der Waals surface area contributed by atoms with Crippen LogP contribution in [0.4, 0.5) is 0 Å². The van der Waals surface area contributed by atoms with Crippen molar-refractivity contribution < 1.29 is 0 Å². The zero-order valence-electron chi connectivity index (χ0n) is 18.1. The second-order valence-corrected chi connectivity index (χ2v) is 32.0. The molecule has 134 valence electrons. The average molecular weight is 383 g/mol. The molecule has 1 aliphatic heterocycles. The first-order valence-electron chi connectivity index (χ1n) is 9.58. The maximum Gasteiger partial charge on any atom is 0.0982 e. The minimum atomic E-state index is -1.47. The van der Waals surface area contributed by atoms with Crippen molar-refractivity contribution in [1.29, 1.82) is 0 Å². The Hall–Kier alpha value is 0.348. The van der Waals surface area contributed by atoms with Gasteiger partial charge in [-0.25, -0.2) is 0 Å². The highest BCUT2D eigenvalue weighted by Gasteiger charge is 2.54. The van der Waals surface area contributed by atoms with Crippen molar-refractivity contribution in [3.05, 3.63) is 20.8 Å². The maximum absolute atomic E-state index is 2.66. The Morgan fingerprint density at radius 2 is 1.04 bits per heavy atom. The summed E-state index contributed by atoms with van der Waals surface area (Å²) < 4.78 is 0. The van der Waals surface area contributed by atoms with Crippen LogP contribution >= 0.6 is 0 Å². The van der Waals surface area contributed by atoms with Gasteiger partial charge in [-0.15, -0.1) is 0 Å². The smallest absolute Gasteiger partial charge is 0.0838 e. The molecule has 0 saturated heterocycles. The molecule has 0 amide bonds. The fourth-order valence-corrected chi connectivity index (χ4v) is 36.0. The highest BCUT2D eigenvalue weighted by Crippen LogP contribution is 2.51. The van der Waals surface area contributed by atoms with Gasteiger partial charge in [-0.1, -0.05) is 105 Å². The van der Waals surface area contributed by atoms with Crippen molar-refractivity contribution >= 4 is 32.3 Å². The van der Waals surface area contributed by atoms with E-state index < -0.39 is 32.3 Å². The van der Waals surface area contributed by atoms with E-state index in [4.69, 9.17) is 0 Å². The van der Waals surface area contributed by atoms with Gasteiger partial charge in [0.2, 0.25) is 0 Å². The molecule has 23 heavy (non-hydrogen) atoms. The molecule has 4 heteroatoms. The van der Waals surface area contributed by atoms with Crippen LogP contribution in [0.15, 0.2) is 20.8 Å². The third-order valence-corrected chi connectivity index (χ3v) is 29.3. The Kier molecular flexibility index (Phi) is 6.12. The van der Waals surface area contributed by atoms with Gasteiger partial charge in [-0.05, 0) is 13.8 Å². The number of hydrogen-bond donors (Lipinski definition) is 0. The molecule has 0 aliphatic carbocycles. The fraction of sp³-hybridized carbons (Fsp3) is 0.789. The molecular formula is C19H42Si4. The van der Waals surface area contributed by atoms with E-state index in [9.17, 15) is 0 Å². The quantitative estimate of drug-likeness (QED) is 0.426. The molecule has 1 heterocycles. The summed E-state index contributed by atoms with van der Waals surface area (Å²) in [5, 5.41) is 0. The zero-order valence-corrected chi connectivity index (χ0v) is 22.1. The normalized spacial score (nSPS) is 19.8. The van der Waals surface area contributed by atoms with Crippen molar-refractivity contribution in [1.82, 2.24) is 0 Å². The van der Waals surface area contributed by atoms with Crippen molar-refractivity contribution in [2.24, 2.45) is 0 Å². The zero-order chi connectivity index (χ0) is 18.4. The number of rotatable bonds is 6. The van der Waals surface area contributed by atoms with E-state index in [2.05, 4.69) is 89.7 Å². The van der Waals surface area contributed by atoms with Gasteiger partial charge in [0.25, 0.3) is 0 Å². The topological polar surface area (TPSA) is 0 Å². The van der Waals surface area contributed by atoms with E-state index in [1.54, 1.807) is 16.8 Å². The van der Waals surface area contributed by atoms with Crippen LogP contribution in [0.3, 0.4) is 0 Å². The Morgan fingerprint density at radius 3 is 1.26 bits per heavy atom. The first-order valence-corrected chi connectivity index (χ1v) is 22.4. The van der Waals surface area contributed by atoms with Crippen molar-refractivity contribution in [2.75, 3.05) is 0 Å². The lowest BCUT2D eigenvalue weighted by Gasteiger charge is -2.46. The van der Waals surface area contributed by atoms with Crippen molar-refractivity contribution in [3.63, 3.8) is 0 Å². The van der Waals surface area contributed by atoms with E-state index >= 15 is 0 Å². The standard InChI is InChI=1S/C19H42Si4/c1-13-22(11,12)15-23(14-2)18(20(5,6)7)16(3)17(4)19(23)21(8,9)10/h13-15H2,1-12H3. The lowest BCUT2D eigenvalue weighted by Crippen LogP contribution is -2.56. The summed E-state index contributed by atoms with van der Waals surface area (Å²) in [6.45, 7) is 31.0. The molecule has 0 N–H and O–H groups in total. The summed E-state index contributed by atoms with van der Waals surface area (Å²) in [5.74, 6) is 0. The van der Waals surface area contributed by atoms with Gasteiger partial charge in [0.05, 0.1) is 24.2 Å². The predicted octanol–water partition coefficient (Wildman–Crippen LogP) is 7.20. The fourth-order valence-electron chi connectivity index (χ4n) is 5.38. The molecule has 0 aromatic rings. The molecule has 0 atom stereocenters. The Balaban J connectivity index is 3.74. The molecule has 0 unspecified atom stereocenters. The molecular weight excluding hydrogens is 341 g/mol. The molecule has 0 radical (unpaired) electrons. The molecule has 0 saturated carbocycles. The summed E-state index contributed by atoms with van der Waals surface area (Å²) in [6, 6.07) is 2.90. The number of hydrogen-bond acceptors (Lipinski definition) is 0. The molecule has 0 aromatic carbocycles. The van der Waals surface area contributed by atoms with Gasteiger partial charge >= 0.3 is 0 Å². The van der Waals surface area contributed by atoms with E-state index in [-0.39, 0.29) is 0 Å². The Labute approximate surface area is 150 Å². The summed E-state index contributed by atoms with van der Waals surface area (Å²) in [7, 11) is -5.12. The monoisotopic (exact) mass is 382 g/mol. The van der Waals surface area contributed by atoms with Crippen LogP contribution in [-0.4, -0.2) is 32.3 Å². The van der Waals surface area contributed by atoms with Crippen molar-refractivity contribution in [3.8, 4) is 0 Å². The third kappa shape index (κ3) is 3.96. The molecule has 0 aromatic heterocycles. The van der Waals surface area contributed by atoms with E-state index in [0.717, 1.165) is 0 Å². The van der Waals surface area contributed by atoms with Gasteiger partial charge in [0.1, 0.15) is 0 Å². The van der Waals surface area contributed by atoms with Crippen molar-refractivity contribution in [2.45, 2.75) is 97.8 Å². The lowest BCUT2D eigenvalue weighted by molar-refractivity contribution is 1.29. The molecule has 0 nitrogen and oxygen atoms in total. The van der Waals surface area contributed by atoms with Crippen LogP contribution in [0.2, 0.25) is 70.1 Å². The Morgan fingerprint density at radius 1 is 0.696 bits per heavy atom. The molecule has 1 rings (SSSR count). The predicted molar refractivity (Wildman–Crippen MR) is 121 cm³/mol. The van der Waals surface area contributed by atoms with Gasteiger partial charge in [0, 0.05) is 8.07 Å². The summed E-state index contributed by atoms with van der Waals surface area (Å²) in [4.78, 5) is 4.10. The van der Waals surface area contributed by atoms with Crippen LogP contribution in [0.25, 0.3) is 0 Å². The molecule has 0 bridgehead atoms. The van der Waals surface area contributed by atoms with Gasteiger partial charge in [-0.2, -0.15) is 0 Å². The highest BCUT2D eigenvalue weighted by atomic mass is 28.4. The maximum atomic E-state index is 2.66. The van der Waals surface area contributed by atoms with Crippen LogP contribution < -0.4 is 0 Å². The van der Waals surface area contributed by atoms with Crippen LogP contribution in [0, 0.1) is 0 Å². The SMILES string of the molecule is CC[Si](C)(C)C[Si]1(CC)C([Si](C)(C)C)=C(C)C(C)=C1[Si](C)(C)C. The minimum absolute atomic E-state index is 1.10. The second-order valence-electron chi connectivity index (χ2n) is 10.6. The van der Waals surface area contributed by atoms with Crippen LogP contribution in [-0.2, 0) is 0 Å². The molecule has 1 aliphatic rings. The Bertz CT molecular complexity index is 489. The number of allylic oxidation sites excluding steroid dienone is 2. The van der Waals surface area contributed by atoms with E-state index in [1.807, 2.05) is 0 Å². The first kappa shape index (κ1) is 21.4. The van der Waals surface area contributed by atoms with E-state index in [0.29, 0.717) is 0 Å². The second kappa shape index (κ2) is 6.58. The summed E-state index contributed by atoms with van der Waals surface area (Å²) >= 11 is 0. The van der Waals surface area contributed by atoms with Crippen LogP contribution in [0.5, 0.6) is 0 Å². The van der Waals surface area contributed by atoms with E-state index in [1.165, 1.54) is 12.1 Å². The van der Waals surface area contributed by atoms with Gasteiger partial charge in [0.15, 0.2) is 0 Å². The van der Waals surface area contributed by atoms with Gasteiger partial charge in [-0.3, -0.25) is 0 Å². The van der Waals surface area contributed by atoms with Gasteiger partial charge < -0.3 is 0 Å². The largest absolute Gasteiger partial charge is 0.0982 e. The minimum Gasteiger partial charge on any atom is -0.0838 e. The third-order valence-electron chi connectivity index (χ3n) is 6.11.